The topological polar surface area (TPSA) is 77.9 Å². The molecule has 0 bridgehead atoms. The summed E-state index contributed by atoms with van der Waals surface area (Å²) < 4.78 is 67.4. The second kappa shape index (κ2) is 8.32. The van der Waals surface area contributed by atoms with Crippen LogP contribution in [0.2, 0.25) is 0 Å². The maximum absolute atomic E-state index is 13.7. The Bertz CT molecular complexity index is 1150. The highest BCUT2D eigenvalue weighted by molar-refractivity contribution is 7.89. The predicted molar refractivity (Wildman–Crippen MR) is 117 cm³/mol. The van der Waals surface area contributed by atoms with Gasteiger partial charge < -0.3 is 10.0 Å². The number of piperazine rings is 1. The molecule has 2 aliphatic rings. The first-order valence-corrected chi connectivity index (χ1v) is 12.1. The van der Waals surface area contributed by atoms with Crippen LogP contribution in [-0.2, 0) is 33.8 Å². The second-order valence-electron chi connectivity index (χ2n) is 8.82. The third-order valence-electron chi connectivity index (χ3n) is 6.45. The summed E-state index contributed by atoms with van der Waals surface area (Å²) in [6.45, 7) is 4.18. The number of alkyl halides is 3. The van der Waals surface area contributed by atoms with Gasteiger partial charge in [-0.2, -0.15) is 17.5 Å². The largest absolute Gasteiger partial charge is 0.481 e. The van der Waals surface area contributed by atoms with Crippen molar-refractivity contribution in [2.45, 2.75) is 49.8 Å². The molecule has 1 heterocycles. The van der Waals surface area contributed by atoms with E-state index in [1.807, 2.05) is 4.90 Å². The zero-order chi connectivity index (χ0) is 24.1. The lowest BCUT2D eigenvalue weighted by Gasteiger charge is -2.44. The summed E-state index contributed by atoms with van der Waals surface area (Å²) in [5.74, 6) is -1.58. The Kier molecular flexibility index (Phi) is 5.94. The van der Waals surface area contributed by atoms with Crippen molar-refractivity contribution in [1.29, 1.82) is 0 Å². The number of halogens is 3. The molecule has 1 N–H and O–H groups in total. The smallest absolute Gasteiger partial charge is 0.416 e. The maximum Gasteiger partial charge on any atom is 0.416 e. The van der Waals surface area contributed by atoms with Gasteiger partial charge in [0.25, 0.3) is 0 Å². The van der Waals surface area contributed by atoms with Crippen LogP contribution in [0.25, 0.3) is 0 Å². The fourth-order valence-electron chi connectivity index (χ4n) is 5.00. The lowest BCUT2D eigenvalue weighted by Crippen LogP contribution is -2.58. The molecule has 2 aromatic carbocycles. The zero-order valence-corrected chi connectivity index (χ0v) is 19.0. The van der Waals surface area contributed by atoms with Crippen molar-refractivity contribution >= 4 is 21.7 Å². The van der Waals surface area contributed by atoms with Crippen LogP contribution in [0.5, 0.6) is 0 Å². The molecule has 0 aromatic heterocycles. The minimum Gasteiger partial charge on any atom is -0.481 e. The van der Waals surface area contributed by atoms with Crippen molar-refractivity contribution in [3.63, 3.8) is 0 Å². The molecule has 0 amide bonds. The summed E-state index contributed by atoms with van der Waals surface area (Å²) in [5.41, 5.74) is 1.18. The van der Waals surface area contributed by atoms with E-state index in [0.717, 1.165) is 17.7 Å². The molecular formula is C23H25F3N2O4S. The summed E-state index contributed by atoms with van der Waals surface area (Å²) >= 11 is 0. The van der Waals surface area contributed by atoms with Crippen LogP contribution in [0.4, 0.5) is 18.9 Å². The summed E-state index contributed by atoms with van der Waals surface area (Å²) in [6, 6.07) is 8.93. The van der Waals surface area contributed by atoms with Crippen molar-refractivity contribution in [3.8, 4) is 0 Å². The molecule has 1 saturated heterocycles. The van der Waals surface area contributed by atoms with E-state index >= 15 is 0 Å². The Labute approximate surface area is 190 Å². The number of hydrogen-bond acceptors (Lipinski definition) is 4. The number of sulfonamides is 1. The van der Waals surface area contributed by atoms with Crippen molar-refractivity contribution < 1.29 is 31.5 Å². The molecule has 1 fully saturated rings. The van der Waals surface area contributed by atoms with E-state index in [-0.39, 0.29) is 11.3 Å². The molecule has 33 heavy (non-hydrogen) atoms. The Hall–Kier alpha value is -2.59. The lowest BCUT2D eigenvalue weighted by atomic mass is 10.1. The Morgan fingerprint density at radius 1 is 1.00 bits per heavy atom. The average molecular weight is 483 g/mol. The molecule has 0 spiro atoms. The molecule has 4 rings (SSSR count). The van der Waals surface area contributed by atoms with Gasteiger partial charge in [-0.1, -0.05) is 12.1 Å². The molecule has 2 aromatic rings. The van der Waals surface area contributed by atoms with Gasteiger partial charge >= 0.3 is 12.1 Å². The predicted octanol–water partition coefficient (Wildman–Crippen LogP) is 3.79. The zero-order valence-electron chi connectivity index (χ0n) is 18.2. The minimum atomic E-state index is -4.42. The molecule has 1 aliphatic carbocycles. The monoisotopic (exact) mass is 482 g/mol. The van der Waals surface area contributed by atoms with Crippen LogP contribution in [0.3, 0.4) is 0 Å². The Morgan fingerprint density at radius 2 is 1.61 bits per heavy atom. The molecular weight excluding hydrogens is 457 g/mol. The number of nitrogens with zero attached hydrogens (tertiary/aromatic N) is 2. The van der Waals surface area contributed by atoms with Gasteiger partial charge in [0.05, 0.1) is 16.4 Å². The van der Waals surface area contributed by atoms with Gasteiger partial charge in [0.15, 0.2) is 0 Å². The highest BCUT2D eigenvalue weighted by Crippen LogP contribution is 2.36. The van der Waals surface area contributed by atoms with Crippen LogP contribution in [0.1, 0.15) is 30.5 Å². The normalized spacial score (nSPS) is 24.0. The van der Waals surface area contributed by atoms with Gasteiger partial charge in [-0.05, 0) is 68.1 Å². The quantitative estimate of drug-likeness (QED) is 0.718. The van der Waals surface area contributed by atoms with Gasteiger partial charge in [-0.25, -0.2) is 8.42 Å². The van der Waals surface area contributed by atoms with E-state index in [1.54, 1.807) is 26.0 Å². The molecule has 178 valence electrons. The first-order chi connectivity index (χ1) is 15.4. The number of hydrogen-bond donors (Lipinski definition) is 1. The number of benzene rings is 2. The third kappa shape index (κ3) is 4.33. The van der Waals surface area contributed by atoms with Gasteiger partial charge in [-0.3, -0.25) is 4.79 Å². The minimum absolute atomic E-state index is 0.144. The van der Waals surface area contributed by atoms with Crippen LogP contribution in [0.15, 0.2) is 47.4 Å². The van der Waals surface area contributed by atoms with Gasteiger partial charge in [0.1, 0.15) is 0 Å². The summed E-state index contributed by atoms with van der Waals surface area (Å²) in [6.07, 6.45) is -3.93. The molecule has 3 atom stereocenters. The number of carboxylic acids is 1. The van der Waals surface area contributed by atoms with E-state index in [2.05, 4.69) is 0 Å². The van der Waals surface area contributed by atoms with Crippen LogP contribution in [0, 0.1) is 5.92 Å². The van der Waals surface area contributed by atoms with Crippen LogP contribution in [-0.4, -0.2) is 49.0 Å². The highest BCUT2D eigenvalue weighted by Gasteiger charge is 2.41. The number of carboxylic acid groups (broad SMARTS) is 1. The van der Waals surface area contributed by atoms with E-state index in [1.165, 1.54) is 22.5 Å². The standard InChI is InChI=1S/C23H25F3N2O4S/c1-14-12-27(19-8-6-18(7-9-19)23(24,25)26)13-15(2)28(14)33(31,32)21-5-3-4-16-10-17(22(29)30)11-20(16)21/h3-9,14-15,17H,10-13H2,1-2H3,(H,29,30). The number of carbonyl (C=O) groups is 1. The molecule has 0 saturated carbocycles. The molecule has 0 radical (unpaired) electrons. The third-order valence-corrected chi connectivity index (χ3v) is 8.66. The molecule has 6 nitrogen and oxygen atoms in total. The number of anilines is 1. The first kappa shape index (κ1) is 23.6. The van der Waals surface area contributed by atoms with Crippen LogP contribution >= 0.6 is 0 Å². The Morgan fingerprint density at radius 3 is 2.15 bits per heavy atom. The van der Waals surface area contributed by atoms with E-state index in [4.69, 9.17) is 0 Å². The molecule has 1 aliphatic heterocycles. The SMILES string of the molecule is CC1CN(c2ccc(C(F)(F)F)cc2)CC(C)N1S(=O)(=O)c1cccc2c1CC(C(=O)O)C2. The van der Waals surface area contributed by atoms with Gasteiger partial charge in [-0.15, -0.1) is 0 Å². The maximum atomic E-state index is 13.7. The van der Waals surface area contributed by atoms with E-state index in [0.29, 0.717) is 30.8 Å². The van der Waals surface area contributed by atoms with Crippen molar-refractivity contribution in [2.75, 3.05) is 18.0 Å². The van der Waals surface area contributed by atoms with Gasteiger partial charge in [0.2, 0.25) is 10.0 Å². The number of aliphatic carboxylic acids is 1. The Balaban J connectivity index is 1.58. The average Bonchev–Trinajstić information content (AvgIpc) is 3.17. The van der Waals surface area contributed by atoms with Crippen molar-refractivity contribution in [2.24, 2.45) is 5.92 Å². The summed E-state index contributed by atoms with van der Waals surface area (Å²) in [5, 5.41) is 9.38. The van der Waals surface area contributed by atoms with E-state index < -0.39 is 45.7 Å². The first-order valence-electron chi connectivity index (χ1n) is 10.7. The lowest BCUT2D eigenvalue weighted by molar-refractivity contribution is -0.141. The second-order valence-corrected chi connectivity index (χ2v) is 10.6. The van der Waals surface area contributed by atoms with Crippen LogP contribution < -0.4 is 4.90 Å². The highest BCUT2D eigenvalue weighted by atomic mass is 32.2. The number of rotatable bonds is 4. The summed E-state index contributed by atoms with van der Waals surface area (Å²) in [4.78, 5) is 13.5. The summed E-state index contributed by atoms with van der Waals surface area (Å²) in [7, 11) is -3.90. The fourth-order valence-corrected chi connectivity index (χ4v) is 7.09. The van der Waals surface area contributed by atoms with Crippen molar-refractivity contribution in [1.82, 2.24) is 4.31 Å². The van der Waals surface area contributed by atoms with Gasteiger partial charge in [0, 0.05) is 30.9 Å². The fraction of sp³-hybridized carbons (Fsp3) is 0.435. The number of fused-ring (bicyclic) bond motifs is 1. The molecule has 10 heteroatoms. The molecule has 3 unspecified atom stereocenters. The van der Waals surface area contributed by atoms with Crippen molar-refractivity contribution in [3.05, 3.63) is 59.2 Å². The van der Waals surface area contributed by atoms with E-state index in [9.17, 15) is 31.5 Å².